The van der Waals surface area contributed by atoms with Gasteiger partial charge in [0.1, 0.15) is 16.3 Å². The molecule has 1 aliphatic rings. The molecule has 0 spiro atoms. The molecule has 13 heteroatoms. The van der Waals surface area contributed by atoms with Gasteiger partial charge in [-0.15, -0.1) is 0 Å². The second-order valence-electron chi connectivity index (χ2n) is 10.3. The highest BCUT2D eigenvalue weighted by Crippen LogP contribution is 2.43. The molecule has 4 aromatic rings. The minimum Gasteiger partial charge on any atom is -0.382 e. The molecule has 0 saturated heterocycles. The number of nitrogens with one attached hydrogen (secondary N) is 1. The molecule has 1 fully saturated rings. The molecule has 0 radical (unpaired) electrons. The van der Waals surface area contributed by atoms with E-state index in [1.807, 2.05) is 42.5 Å². The number of carbonyl (C=O) groups is 1. The SMILES string of the molecule is COCCO[C@]1(C(=O)NOC)CC[C@@H](c2nc3c(-c4ccc(-c5ccccc5)nc4)cnn3c(N)c2S(C)(=O)=O)CC1. The molecule has 3 heterocycles. The number of hydrogen-bond donors (Lipinski definition) is 2. The van der Waals surface area contributed by atoms with Gasteiger partial charge in [0.2, 0.25) is 0 Å². The second-order valence-corrected chi connectivity index (χ2v) is 12.3. The number of nitrogens with zero attached hydrogens (tertiary/aromatic N) is 4. The first-order valence-electron chi connectivity index (χ1n) is 13.5. The van der Waals surface area contributed by atoms with Crippen molar-refractivity contribution in [3.63, 3.8) is 0 Å². The number of sulfone groups is 1. The van der Waals surface area contributed by atoms with E-state index in [9.17, 15) is 13.2 Å². The molecule has 42 heavy (non-hydrogen) atoms. The van der Waals surface area contributed by atoms with Gasteiger partial charge in [0.05, 0.1) is 37.9 Å². The number of aromatic nitrogens is 4. The number of rotatable bonds is 10. The van der Waals surface area contributed by atoms with Crippen LogP contribution in [0.2, 0.25) is 0 Å². The fraction of sp³-hybridized carbons (Fsp3) is 0.379. The number of pyridine rings is 1. The summed E-state index contributed by atoms with van der Waals surface area (Å²) >= 11 is 0. The van der Waals surface area contributed by atoms with Crippen molar-refractivity contribution in [1.82, 2.24) is 25.1 Å². The lowest BCUT2D eigenvalue weighted by Crippen LogP contribution is -2.51. The van der Waals surface area contributed by atoms with Crippen molar-refractivity contribution in [2.45, 2.75) is 42.1 Å². The van der Waals surface area contributed by atoms with Gasteiger partial charge >= 0.3 is 0 Å². The molecular formula is C29H34N6O6S. The van der Waals surface area contributed by atoms with Gasteiger partial charge < -0.3 is 15.2 Å². The van der Waals surface area contributed by atoms with Crippen LogP contribution in [0.3, 0.4) is 0 Å². The summed E-state index contributed by atoms with van der Waals surface area (Å²) in [4.78, 5) is 27.3. The van der Waals surface area contributed by atoms with Gasteiger partial charge in [0, 0.05) is 42.2 Å². The Balaban J connectivity index is 1.52. The second kappa shape index (κ2) is 12.1. The Morgan fingerprint density at radius 3 is 2.43 bits per heavy atom. The van der Waals surface area contributed by atoms with Crippen LogP contribution in [0.25, 0.3) is 28.0 Å². The Bertz CT molecular complexity index is 1670. The van der Waals surface area contributed by atoms with E-state index in [-0.39, 0.29) is 23.2 Å². The first kappa shape index (κ1) is 29.6. The van der Waals surface area contributed by atoms with E-state index in [2.05, 4.69) is 15.6 Å². The van der Waals surface area contributed by atoms with E-state index >= 15 is 0 Å². The van der Waals surface area contributed by atoms with Crippen LogP contribution < -0.4 is 11.2 Å². The van der Waals surface area contributed by atoms with E-state index in [1.165, 1.54) is 11.6 Å². The maximum atomic E-state index is 13.0. The predicted molar refractivity (Wildman–Crippen MR) is 156 cm³/mol. The van der Waals surface area contributed by atoms with Crippen molar-refractivity contribution in [1.29, 1.82) is 0 Å². The molecule has 1 amide bonds. The Kier molecular flexibility index (Phi) is 8.55. The molecule has 1 aromatic carbocycles. The van der Waals surface area contributed by atoms with Crippen LogP contribution in [0.1, 0.15) is 37.3 Å². The largest absolute Gasteiger partial charge is 0.382 e. The molecule has 5 rings (SSSR count). The van der Waals surface area contributed by atoms with Gasteiger partial charge in [0.15, 0.2) is 15.5 Å². The smallest absolute Gasteiger partial charge is 0.275 e. The Hall–Kier alpha value is -3.91. The molecule has 1 saturated carbocycles. The summed E-state index contributed by atoms with van der Waals surface area (Å²) in [5.41, 5.74) is 11.7. The molecular weight excluding hydrogens is 560 g/mol. The number of hydrogen-bond acceptors (Lipinski definition) is 10. The number of methoxy groups -OCH3 is 1. The summed E-state index contributed by atoms with van der Waals surface area (Å²) in [7, 11) is -0.859. The fourth-order valence-electron chi connectivity index (χ4n) is 5.51. The third kappa shape index (κ3) is 5.73. The van der Waals surface area contributed by atoms with Crippen molar-refractivity contribution < 1.29 is 27.5 Å². The van der Waals surface area contributed by atoms with E-state index in [0.29, 0.717) is 49.2 Å². The first-order valence-corrected chi connectivity index (χ1v) is 15.4. The van der Waals surface area contributed by atoms with Crippen molar-refractivity contribution in [2.24, 2.45) is 0 Å². The lowest BCUT2D eigenvalue weighted by molar-refractivity contribution is -0.165. The molecule has 12 nitrogen and oxygen atoms in total. The lowest BCUT2D eigenvalue weighted by Gasteiger charge is -2.38. The predicted octanol–water partition coefficient (Wildman–Crippen LogP) is 3.18. The highest BCUT2D eigenvalue weighted by molar-refractivity contribution is 7.91. The molecule has 222 valence electrons. The Morgan fingerprint density at radius 2 is 1.81 bits per heavy atom. The Morgan fingerprint density at radius 1 is 1.07 bits per heavy atom. The minimum absolute atomic E-state index is 0.0112. The third-order valence-corrected chi connectivity index (χ3v) is 8.79. The average molecular weight is 595 g/mol. The normalized spacial score (nSPS) is 19.2. The molecule has 3 aromatic heterocycles. The number of nitrogen functional groups attached to an aromatic ring is 1. The maximum absolute atomic E-state index is 13.0. The van der Waals surface area contributed by atoms with Crippen molar-refractivity contribution in [2.75, 3.05) is 39.4 Å². The standard InChI is InChI=1S/C29H34N6O6S/c1-39-15-16-41-29(28(36)34-40-2)13-11-20(12-14-29)24-25(42(3,37)38)26(30)35-27(33-24)22(18-32-35)21-9-10-23(31-17-21)19-7-5-4-6-8-19/h4-10,17-18,20H,11-16,30H2,1-3H3,(H,34,36)/t20-,29-. The molecule has 0 bridgehead atoms. The van der Waals surface area contributed by atoms with Gasteiger partial charge in [-0.05, 0) is 31.7 Å². The van der Waals surface area contributed by atoms with E-state index < -0.39 is 21.3 Å². The van der Waals surface area contributed by atoms with E-state index in [4.69, 9.17) is 25.0 Å². The number of fused-ring (bicyclic) bond motifs is 1. The maximum Gasteiger partial charge on any atom is 0.275 e. The van der Waals surface area contributed by atoms with Gasteiger partial charge in [-0.1, -0.05) is 36.4 Å². The summed E-state index contributed by atoms with van der Waals surface area (Å²) < 4.78 is 38.5. The number of benzene rings is 1. The van der Waals surface area contributed by atoms with Crippen LogP contribution in [0.15, 0.2) is 59.8 Å². The Labute approximate surface area is 244 Å². The number of hydroxylamine groups is 1. The first-order chi connectivity index (χ1) is 20.2. The van der Waals surface area contributed by atoms with E-state index in [0.717, 1.165) is 23.1 Å². The van der Waals surface area contributed by atoms with Crippen LogP contribution in [-0.2, 0) is 28.9 Å². The summed E-state index contributed by atoms with van der Waals surface area (Å²) in [5, 5.41) is 4.38. The molecule has 1 aliphatic carbocycles. The lowest BCUT2D eigenvalue weighted by atomic mass is 9.76. The van der Waals surface area contributed by atoms with Crippen LogP contribution in [-0.4, -0.2) is 73.2 Å². The summed E-state index contributed by atoms with van der Waals surface area (Å²) in [6.07, 6.45) is 5.98. The number of anilines is 1. The highest BCUT2D eigenvalue weighted by Gasteiger charge is 2.45. The van der Waals surface area contributed by atoms with E-state index in [1.54, 1.807) is 19.5 Å². The zero-order valence-electron chi connectivity index (χ0n) is 23.7. The van der Waals surface area contributed by atoms with Crippen LogP contribution in [0.5, 0.6) is 0 Å². The van der Waals surface area contributed by atoms with Crippen molar-refractivity contribution >= 4 is 27.2 Å². The third-order valence-electron chi connectivity index (χ3n) is 7.63. The molecule has 0 unspecified atom stereocenters. The van der Waals surface area contributed by atoms with Crippen LogP contribution in [0, 0.1) is 0 Å². The summed E-state index contributed by atoms with van der Waals surface area (Å²) in [5.74, 6) is -0.698. The fourth-order valence-corrected chi connectivity index (χ4v) is 6.57. The van der Waals surface area contributed by atoms with Gasteiger partial charge in [-0.2, -0.15) is 9.61 Å². The van der Waals surface area contributed by atoms with Crippen molar-refractivity contribution in [3.8, 4) is 22.4 Å². The van der Waals surface area contributed by atoms with Crippen LogP contribution in [0.4, 0.5) is 5.82 Å². The average Bonchev–Trinajstić information content (AvgIpc) is 3.42. The number of nitrogens with two attached hydrogens (primary N) is 1. The van der Waals surface area contributed by atoms with Gasteiger partial charge in [-0.3, -0.25) is 14.6 Å². The number of ether oxygens (including phenoxy) is 2. The summed E-state index contributed by atoms with van der Waals surface area (Å²) in [6.45, 7) is 0.546. The number of amides is 1. The summed E-state index contributed by atoms with van der Waals surface area (Å²) in [6, 6.07) is 13.7. The van der Waals surface area contributed by atoms with Gasteiger partial charge in [-0.25, -0.2) is 18.9 Å². The quantitative estimate of drug-likeness (QED) is 0.206. The zero-order valence-corrected chi connectivity index (χ0v) is 24.6. The van der Waals surface area contributed by atoms with Crippen LogP contribution >= 0.6 is 0 Å². The molecule has 3 N–H and O–H groups in total. The monoisotopic (exact) mass is 594 g/mol. The van der Waals surface area contributed by atoms with Gasteiger partial charge in [0.25, 0.3) is 5.91 Å². The zero-order chi connectivity index (χ0) is 29.9. The molecule has 0 atom stereocenters. The minimum atomic E-state index is -3.78. The highest BCUT2D eigenvalue weighted by atomic mass is 32.2. The topological polar surface area (TPSA) is 160 Å². The molecule has 0 aliphatic heterocycles. The number of carbonyl (C=O) groups excluding carboxylic acids is 1. The van der Waals surface area contributed by atoms with Crippen molar-refractivity contribution in [3.05, 3.63) is 60.6 Å².